The minimum absolute atomic E-state index is 0.384. The quantitative estimate of drug-likeness (QED) is 0.764. The molecule has 0 bridgehead atoms. The molecule has 0 aromatic carbocycles. The number of piperidine rings is 1. The molecule has 1 aliphatic carbocycles. The summed E-state index contributed by atoms with van der Waals surface area (Å²) in [6.45, 7) is 1.71. The van der Waals surface area contributed by atoms with Crippen molar-refractivity contribution in [3.63, 3.8) is 0 Å². The molecule has 2 fully saturated rings. The summed E-state index contributed by atoms with van der Waals surface area (Å²) >= 11 is 0. The lowest BCUT2D eigenvalue weighted by molar-refractivity contribution is -0.137. The van der Waals surface area contributed by atoms with Crippen molar-refractivity contribution in [1.82, 2.24) is 4.90 Å². The Labute approximate surface area is 105 Å². The van der Waals surface area contributed by atoms with E-state index in [1.807, 2.05) is 0 Å². The molecule has 17 heavy (non-hydrogen) atoms. The first-order valence-electron chi connectivity index (χ1n) is 7.32. The van der Waals surface area contributed by atoms with E-state index in [1.165, 1.54) is 38.5 Å². The zero-order valence-corrected chi connectivity index (χ0v) is 10.9. The molecule has 0 aromatic rings. The Morgan fingerprint density at radius 2 is 1.88 bits per heavy atom. The van der Waals surface area contributed by atoms with Crippen molar-refractivity contribution in [2.75, 3.05) is 13.1 Å². The molecule has 1 saturated heterocycles. The fourth-order valence-electron chi connectivity index (χ4n) is 3.50. The Kier molecular flexibility index (Phi) is 4.84. The second-order valence-corrected chi connectivity index (χ2v) is 5.59. The molecule has 1 heterocycles. The van der Waals surface area contributed by atoms with Crippen molar-refractivity contribution in [1.29, 1.82) is 0 Å². The first-order chi connectivity index (χ1) is 8.33. The van der Waals surface area contributed by atoms with Crippen LogP contribution in [-0.2, 0) is 4.79 Å². The standard InChI is InChI=1S/C14H26N2O/c15-10-4-3-9-14(17)16-11-5-7-12-6-1-2-8-13(12)16/h12-13H,1-11,15H2. The summed E-state index contributed by atoms with van der Waals surface area (Å²) in [6.07, 6.45) is 10.5. The molecule has 1 saturated carbocycles. The summed E-state index contributed by atoms with van der Waals surface area (Å²) in [5.41, 5.74) is 5.47. The Hall–Kier alpha value is -0.570. The van der Waals surface area contributed by atoms with E-state index in [0.29, 0.717) is 24.9 Å². The second kappa shape index (κ2) is 6.39. The van der Waals surface area contributed by atoms with Gasteiger partial charge >= 0.3 is 0 Å². The van der Waals surface area contributed by atoms with E-state index in [4.69, 9.17) is 5.73 Å². The number of carbonyl (C=O) groups excluding carboxylic acids is 1. The van der Waals surface area contributed by atoms with Gasteiger partial charge in [0.1, 0.15) is 0 Å². The van der Waals surface area contributed by atoms with Crippen molar-refractivity contribution < 1.29 is 4.79 Å². The van der Waals surface area contributed by atoms with E-state index in [-0.39, 0.29) is 0 Å². The smallest absolute Gasteiger partial charge is 0.222 e. The minimum atomic E-state index is 0.384. The van der Waals surface area contributed by atoms with Crippen molar-refractivity contribution >= 4 is 5.91 Å². The Bertz CT molecular complexity index is 253. The van der Waals surface area contributed by atoms with Gasteiger partial charge in [0, 0.05) is 19.0 Å². The molecule has 0 radical (unpaired) electrons. The number of likely N-dealkylation sites (tertiary alicyclic amines) is 1. The van der Waals surface area contributed by atoms with Gasteiger partial charge in [-0.15, -0.1) is 0 Å². The molecule has 2 unspecified atom stereocenters. The van der Waals surface area contributed by atoms with Crippen LogP contribution < -0.4 is 5.73 Å². The van der Waals surface area contributed by atoms with Crippen molar-refractivity contribution in [2.45, 2.75) is 63.8 Å². The van der Waals surface area contributed by atoms with Crippen LogP contribution in [0, 0.1) is 5.92 Å². The number of nitrogens with zero attached hydrogens (tertiary/aromatic N) is 1. The third-order valence-corrected chi connectivity index (χ3v) is 4.41. The van der Waals surface area contributed by atoms with Crippen LogP contribution in [0.1, 0.15) is 57.8 Å². The van der Waals surface area contributed by atoms with E-state index < -0.39 is 0 Å². The maximum Gasteiger partial charge on any atom is 0.222 e. The summed E-state index contributed by atoms with van der Waals surface area (Å²) in [7, 11) is 0. The number of rotatable bonds is 4. The van der Waals surface area contributed by atoms with Gasteiger partial charge in [-0.25, -0.2) is 0 Å². The van der Waals surface area contributed by atoms with Gasteiger partial charge in [-0.2, -0.15) is 0 Å². The molecule has 2 aliphatic rings. The molecule has 1 aliphatic heterocycles. The van der Waals surface area contributed by atoms with Gasteiger partial charge in [0.05, 0.1) is 0 Å². The van der Waals surface area contributed by atoms with Gasteiger partial charge in [-0.05, 0) is 51.0 Å². The summed E-state index contributed by atoms with van der Waals surface area (Å²) < 4.78 is 0. The van der Waals surface area contributed by atoms with Gasteiger partial charge < -0.3 is 10.6 Å². The average molecular weight is 238 g/mol. The number of nitrogens with two attached hydrogens (primary N) is 1. The van der Waals surface area contributed by atoms with E-state index in [2.05, 4.69) is 4.90 Å². The first-order valence-corrected chi connectivity index (χ1v) is 7.32. The van der Waals surface area contributed by atoms with Crippen LogP contribution in [0.25, 0.3) is 0 Å². The Balaban J connectivity index is 1.87. The predicted molar refractivity (Wildman–Crippen MR) is 69.6 cm³/mol. The molecule has 3 heteroatoms. The summed E-state index contributed by atoms with van der Waals surface area (Å²) in [5, 5.41) is 0. The molecular formula is C14H26N2O. The Morgan fingerprint density at radius 3 is 2.71 bits per heavy atom. The molecule has 0 aromatic heterocycles. The van der Waals surface area contributed by atoms with Crippen LogP contribution in [0.5, 0.6) is 0 Å². The summed E-state index contributed by atoms with van der Waals surface area (Å²) in [6, 6.07) is 0.572. The van der Waals surface area contributed by atoms with E-state index in [1.54, 1.807) is 0 Å². The number of hydrogen-bond acceptors (Lipinski definition) is 2. The lowest BCUT2D eigenvalue weighted by atomic mass is 9.78. The van der Waals surface area contributed by atoms with Crippen molar-refractivity contribution in [2.24, 2.45) is 11.7 Å². The molecular weight excluding hydrogens is 212 g/mol. The fourth-order valence-corrected chi connectivity index (χ4v) is 3.50. The lowest BCUT2D eigenvalue weighted by Gasteiger charge is -2.44. The van der Waals surface area contributed by atoms with Crippen LogP contribution in [0.15, 0.2) is 0 Å². The van der Waals surface area contributed by atoms with Gasteiger partial charge in [0.2, 0.25) is 5.91 Å². The zero-order chi connectivity index (χ0) is 12.1. The highest BCUT2D eigenvalue weighted by molar-refractivity contribution is 5.76. The highest BCUT2D eigenvalue weighted by Crippen LogP contribution is 2.35. The van der Waals surface area contributed by atoms with Crippen LogP contribution >= 0.6 is 0 Å². The van der Waals surface area contributed by atoms with Crippen LogP contribution in [0.4, 0.5) is 0 Å². The first kappa shape index (κ1) is 12.9. The maximum absolute atomic E-state index is 12.2. The molecule has 98 valence electrons. The third kappa shape index (κ3) is 3.21. The summed E-state index contributed by atoms with van der Waals surface area (Å²) in [5.74, 6) is 1.19. The maximum atomic E-state index is 12.2. The van der Waals surface area contributed by atoms with Gasteiger partial charge in [-0.1, -0.05) is 12.8 Å². The number of carbonyl (C=O) groups is 1. The molecule has 2 rings (SSSR count). The summed E-state index contributed by atoms with van der Waals surface area (Å²) in [4.78, 5) is 14.4. The number of unbranched alkanes of at least 4 members (excludes halogenated alkanes) is 1. The number of hydrogen-bond donors (Lipinski definition) is 1. The molecule has 3 nitrogen and oxygen atoms in total. The SMILES string of the molecule is NCCCCC(=O)N1CCCC2CCCCC21. The number of amides is 1. The Morgan fingerprint density at radius 1 is 1.12 bits per heavy atom. The van der Waals surface area contributed by atoms with Crippen molar-refractivity contribution in [3.8, 4) is 0 Å². The third-order valence-electron chi connectivity index (χ3n) is 4.41. The van der Waals surface area contributed by atoms with Crippen LogP contribution in [0.2, 0.25) is 0 Å². The molecule has 0 spiro atoms. The van der Waals surface area contributed by atoms with Crippen LogP contribution in [-0.4, -0.2) is 29.9 Å². The van der Waals surface area contributed by atoms with Gasteiger partial charge in [0.15, 0.2) is 0 Å². The van der Waals surface area contributed by atoms with Gasteiger partial charge in [0.25, 0.3) is 0 Å². The lowest BCUT2D eigenvalue weighted by Crippen LogP contribution is -2.49. The predicted octanol–water partition coefficient (Wildman–Crippen LogP) is 2.30. The zero-order valence-electron chi connectivity index (χ0n) is 10.9. The molecule has 1 amide bonds. The average Bonchev–Trinajstić information content (AvgIpc) is 2.38. The van der Waals surface area contributed by atoms with Crippen molar-refractivity contribution in [3.05, 3.63) is 0 Å². The normalized spacial score (nSPS) is 28.9. The fraction of sp³-hybridized carbons (Fsp3) is 0.929. The van der Waals surface area contributed by atoms with E-state index >= 15 is 0 Å². The monoisotopic (exact) mass is 238 g/mol. The van der Waals surface area contributed by atoms with Crippen LogP contribution in [0.3, 0.4) is 0 Å². The van der Waals surface area contributed by atoms with E-state index in [9.17, 15) is 4.79 Å². The minimum Gasteiger partial charge on any atom is -0.339 e. The molecule has 2 atom stereocenters. The topological polar surface area (TPSA) is 46.3 Å². The number of fused-ring (bicyclic) bond motifs is 1. The highest BCUT2D eigenvalue weighted by Gasteiger charge is 2.35. The van der Waals surface area contributed by atoms with Gasteiger partial charge in [-0.3, -0.25) is 4.79 Å². The largest absolute Gasteiger partial charge is 0.339 e. The highest BCUT2D eigenvalue weighted by atomic mass is 16.2. The second-order valence-electron chi connectivity index (χ2n) is 5.59. The van der Waals surface area contributed by atoms with E-state index in [0.717, 1.165) is 25.3 Å². The molecule has 2 N–H and O–H groups in total.